The molecule has 0 unspecified atom stereocenters. The Kier molecular flexibility index (Phi) is 54.7. The lowest BCUT2D eigenvalue weighted by Crippen LogP contribution is -2.30. The first kappa shape index (κ1) is 64.9. The van der Waals surface area contributed by atoms with Crippen LogP contribution in [-0.2, 0) is 28.6 Å². The predicted molar refractivity (Wildman–Crippen MR) is 289 cm³/mol. The van der Waals surface area contributed by atoms with Crippen LogP contribution >= 0.6 is 0 Å². The zero-order valence-corrected chi connectivity index (χ0v) is 45.2. The maximum absolute atomic E-state index is 12.8. The van der Waals surface area contributed by atoms with Gasteiger partial charge in [0.1, 0.15) is 13.2 Å². The van der Waals surface area contributed by atoms with Gasteiger partial charge < -0.3 is 14.2 Å². The molecule has 0 fully saturated rings. The van der Waals surface area contributed by atoms with E-state index >= 15 is 0 Å². The van der Waals surface area contributed by atoms with E-state index in [2.05, 4.69) is 45.1 Å². The molecule has 0 aromatic heterocycles. The van der Waals surface area contributed by atoms with E-state index in [0.717, 1.165) is 77.0 Å². The van der Waals surface area contributed by atoms with Gasteiger partial charge in [-0.05, 0) is 51.4 Å². The molecule has 0 radical (unpaired) electrons. The van der Waals surface area contributed by atoms with Crippen molar-refractivity contribution in [1.82, 2.24) is 0 Å². The summed E-state index contributed by atoms with van der Waals surface area (Å²) in [7, 11) is 0. The molecule has 0 saturated carbocycles. The number of ether oxygens (including phenoxy) is 3. The molecule has 394 valence electrons. The third kappa shape index (κ3) is 54.7. The van der Waals surface area contributed by atoms with Gasteiger partial charge in [-0.1, -0.05) is 283 Å². The maximum atomic E-state index is 12.8. The smallest absolute Gasteiger partial charge is 0.306 e. The van der Waals surface area contributed by atoms with E-state index in [-0.39, 0.29) is 31.1 Å². The first-order chi connectivity index (χ1) is 33.0. The van der Waals surface area contributed by atoms with Gasteiger partial charge in [-0.2, -0.15) is 0 Å². The summed E-state index contributed by atoms with van der Waals surface area (Å²) in [5.41, 5.74) is 0. The minimum atomic E-state index is -0.774. The summed E-state index contributed by atoms with van der Waals surface area (Å²) in [6.45, 7) is 6.66. The molecule has 0 spiro atoms. The highest BCUT2D eigenvalue weighted by Gasteiger charge is 2.19. The third-order valence-corrected chi connectivity index (χ3v) is 13.5. The summed E-state index contributed by atoms with van der Waals surface area (Å²) >= 11 is 0. The SMILES string of the molecule is CCCCC/C=C\C/C=C\CCCCCCCC(=O)O[C@H](COC(=O)CCCCCCCCCCCCCCCCC)COC(=O)CCCCCCCCCCCCCCCCCCCCC. The number of hydrogen-bond donors (Lipinski definition) is 0. The van der Waals surface area contributed by atoms with Crippen molar-refractivity contribution in [3.05, 3.63) is 24.3 Å². The molecule has 0 N–H and O–H groups in total. The van der Waals surface area contributed by atoms with Crippen LogP contribution in [0, 0.1) is 0 Å². The fraction of sp³-hybridized carbons (Fsp3) is 0.885. The first-order valence-electron chi connectivity index (χ1n) is 29.8. The fourth-order valence-electron chi connectivity index (χ4n) is 8.95. The normalized spacial score (nSPS) is 12.1. The van der Waals surface area contributed by atoms with E-state index in [0.29, 0.717) is 19.3 Å². The van der Waals surface area contributed by atoms with Crippen molar-refractivity contribution in [2.45, 2.75) is 335 Å². The van der Waals surface area contributed by atoms with Crippen molar-refractivity contribution in [2.24, 2.45) is 0 Å². The van der Waals surface area contributed by atoms with E-state index < -0.39 is 6.10 Å². The highest BCUT2D eigenvalue weighted by Crippen LogP contribution is 2.17. The van der Waals surface area contributed by atoms with Crippen molar-refractivity contribution >= 4 is 17.9 Å². The summed E-state index contributed by atoms with van der Waals surface area (Å²) in [5, 5.41) is 0. The van der Waals surface area contributed by atoms with Crippen molar-refractivity contribution in [2.75, 3.05) is 13.2 Å². The first-order valence-corrected chi connectivity index (χ1v) is 29.8. The molecule has 0 aromatic rings. The molecular formula is C61H114O6. The highest BCUT2D eigenvalue weighted by atomic mass is 16.6. The molecule has 0 aromatic carbocycles. The second-order valence-electron chi connectivity index (χ2n) is 20.3. The highest BCUT2D eigenvalue weighted by molar-refractivity contribution is 5.71. The summed E-state index contributed by atoms with van der Waals surface area (Å²) in [5.74, 6) is -0.861. The van der Waals surface area contributed by atoms with Gasteiger partial charge in [0.25, 0.3) is 0 Å². The number of unbranched alkanes of at least 4 members (excludes halogenated alkanes) is 40. The Hall–Kier alpha value is -2.11. The quantitative estimate of drug-likeness (QED) is 0.0262. The lowest BCUT2D eigenvalue weighted by molar-refractivity contribution is -0.167. The Bertz CT molecular complexity index is 1080. The molecule has 0 heterocycles. The predicted octanol–water partition coefficient (Wildman–Crippen LogP) is 19.9. The Morgan fingerprint density at radius 3 is 0.851 bits per heavy atom. The summed E-state index contributed by atoms with van der Waals surface area (Å²) < 4.78 is 16.9. The largest absolute Gasteiger partial charge is 0.462 e. The lowest BCUT2D eigenvalue weighted by Gasteiger charge is -2.18. The monoisotopic (exact) mass is 943 g/mol. The van der Waals surface area contributed by atoms with Crippen molar-refractivity contribution in [3.8, 4) is 0 Å². The van der Waals surface area contributed by atoms with E-state index in [1.54, 1.807) is 0 Å². The molecule has 0 bridgehead atoms. The number of esters is 3. The van der Waals surface area contributed by atoms with Gasteiger partial charge in [0.05, 0.1) is 0 Å². The van der Waals surface area contributed by atoms with Gasteiger partial charge in [-0.25, -0.2) is 0 Å². The number of allylic oxidation sites excluding steroid dienone is 4. The Labute approximate surface area is 417 Å². The molecule has 0 aliphatic rings. The molecule has 6 heteroatoms. The average molecular weight is 944 g/mol. The molecule has 6 nitrogen and oxygen atoms in total. The lowest BCUT2D eigenvalue weighted by atomic mass is 10.0. The average Bonchev–Trinajstić information content (AvgIpc) is 3.33. The molecule has 0 aliphatic carbocycles. The summed E-state index contributed by atoms with van der Waals surface area (Å²) in [4.78, 5) is 38.2. The van der Waals surface area contributed by atoms with Crippen LogP contribution in [0.15, 0.2) is 24.3 Å². The van der Waals surface area contributed by atoms with Crippen LogP contribution in [0.2, 0.25) is 0 Å². The van der Waals surface area contributed by atoms with Crippen LogP contribution in [0.25, 0.3) is 0 Å². The Morgan fingerprint density at radius 2 is 0.537 bits per heavy atom. The summed E-state index contributed by atoms with van der Waals surface area (Å²) in [6, 6.07) is 0. The molecular weight excluding hydrogens is 829 g/mol. The second-order valence-corrected chi connectivity index (χ2v) is 20.3. The molecule has 1 atom stereocenters. The van der Waals surface area contributed by atoms with Crippen LogP contribution in [0.4, 0.5) is 0 Å². The third-order valence-electron chi connectivity index (χ3n) is 13.5. The standard InChI is InChI=1S/C61H114O6/c1-4-7-10-13-16-19-22-25-28-29-30-31-34-36-39-42-45-48-51-54-60(63)66-57-58(67-61(64)55-52-49-46-43-40-37-33-27-24-21-18-15-12-9-6-3)56-65-59(62)53-50-47-44-41-38-35-32-26-23-20-17-14-11-8-5-2/h18,21,27,33,58H,4-17,19-20,22-26,28-32,34-57H2,1-3H3/b21-18-,33-27-/t58-/m1/s1. The van der Waals surface area contributed by atoms with Crippen LogP contribution in [0.1, 0.15) is 329 Å². The Morgan fingerprint density at radius 1 is 0.299 bits per heavy atom. The van der Waals surface area contributed by atoms with Crippen LogP contribution in [0.3, 0.4) is 0 Å². The van der Waals surface area contributed by atoms with Crippen molar-refractivity contribution < 1.29 is 28.6 Å². The zero-order chi connectivity index (χ0) is 48.6. The van der Waals surface area contributed by atoms with Crippen LogP contribution in [0.5, 0.6) is 0 Å². The van der Waals surface area contributed by atoms with Gasteiger partial charge in [0, 0.05) is 19.3 Å². The van der Waals surface area contributed by atoms with E-state index in [1.165, 1.54) is 212 Å². The van der Waals surface area contributed by atoms with Crippen LogP contribution < -0.4 is 0 Å². The topological polar surface area (TPSA) is 78.9 Å². The number of carbonyl (C=O) groups excluding carboxylic acids is 3. The van der Waals surface area contributed by atoms with E-state index in [9.17, 15) is 14.4 Å². The van der Waals surface area contributed by atoms with Crippen LogP contribution in [-0.4, -0.2) is 37.2 Å². The summed E-state index contributed by atoms with van der Waals surface area (Å²) in [6.07, 6.45) is 66.0. The fourth-order valence-corrected chi connectivity index (χ4v) is 8.95. The number of hydrogen-bond acceptors (Lipinski definition) is 6. The molecule has 0 rings (SSSR count). The Balaban J connectivity index is 4.31. The second kappa shape index (κ2) is 56.5. The van der Waals surface area contributed by atoms with E-state index in [1.807, 2.05) is 0 Å². The van der Waals surface area contributed by atoms with Gasteiger partial charge in [0.15, 0.2) is 6.10 Å². The minimum absolute atomic E-state index is 0.0713. The molecule has 0 amide bonds. The zero-order valence-electron chi connectivity index (χ0n) is 45.2. The van der Waals surface area contributed by atoms with E-state index in [4.69, 9.17) is 14.2 Å². The van der Waals surface area contributed by atoms with Crippen molar-refractivity contribution in [3.63, 3.8) is 0 Å². The molecule has 67 heavy (non-hydrogen) atoms. The minimum Gasteiger partial charge on any atom is -0.462 e. The van der Waals surface area contributed by atoms with Gasteiger partial charge >= 0.3 is 17.9 Å². The maximum Gasteiger partial charge on any atom is 0.306 e. The number of rotatable bonds is 55. The number of carbonyl (C=O) groups is 3. The van der Waals surface area contributed by atoms with Gasteiger partial charge in [-0.15, -0.1) is 0 Å². The van der Waals surface area contributed by atoms with Gasteiger partial charge in [0.2, 0.25) is 0 Å². The van der Waals surface area contributed by atoms with Crippen molar-refractivity contribution in [1.29, 1.82) is 0 Å². The van der Waals surface area contributed by atoms with Gasteiger partial charge in [-0.3, -0.25) is 14.4 Å². The molecule has 0 saturated heterocycles. The molecule has 0 aliphatic heterocycles.